The second-order valence-electron chi connectivity index (χ2n) is 5.22. The Morgan fingerprint density at radius 2 is 2.16 bits per heavy atom. The van der Waals surface area contributed by atoms with Crippen molar-refractivity contribution in [2.24, 2.45) is 0 Å². The van der Waals surface area contributed by atoms with Gasteiger partial charge in [0.2, 0.25) is 10.0 Å². The summed E-state index contributed by atoms with van der Waals surface area (Å²) in [5.74, 6) is 0.693. The van der Waals surface area contributed by atoms with E-state index in [4.69, 9.17) is 4.74 Å². The molecule has 25 heavy (non-hydrogen) atoms. The monoisotopic (exact) mass is 395 g/mol. The van der Waals surface area contributed by atoms with E-state index < -0.39 is 10.0 Å². The van der Waals surface area contributed by atoms with Crippen molar-refractivity contribution >= 4 is 32.7 Å². The number of aromatic nitrogens is 2. The van der Waals surface area contributed by atoms with Crippen LogP contribution < -0.4 is 9.46 Å². The molecule has 0 fully saturated rings. The summed E-state index contributed by atoms with van der Waals surface area (Å²) in [7, 11) is -3.44. The van der Waals surface area contributed by atoms with Gasteiger partial charge in [0.15, 0.2) is 0 Å². The Kier molecular flexibility index (Phi) is 5.79. The van der Waals surface area contributed by atoms with Crippen molar-refractivity contribution in [2.75, 3.05) is 6.54 Å². The van der Waals surface area contributed by atoms with Crippen LogP contribution in [-0.2, 0) is 23.1 Å². The zero-order chi connectivity index (χ0) is 17.7. The summed E-state index contributed by atoms with van der Waals surface area (Å²) < 4.78 is 32.9. The van der Waals surface area contributed by atoms with Crippen molar-refractivity contribution < 1.29 is 13.2 Å². The number of hydrogen-bond acceptors (Lipinski definition) is 7. The Morgan fingerprint density at radius 3 is 2.88 bits per heavy atom. The number of aryl methyl sites for hydroxylation is 1. The molecule has 0 spiro atoms. The van der Waals surface area contributed by atoms with E-state index in [1.807, 2.05) is 24.4 Å². The topological polar surface area (TPSA) is 81.2 Å². The van der Waals surface area contributed by atoms with Gasteiger partial charge in [0.05, 0.1) is 11.9 Å². The van der Waals surface area contributed by atoms with Crippen LogP contribution in [0.2, 0.25) is 0 Å². The normalized spacial score (nSPS) is 11.6. The average molecular weight is 396 g/mol. The standard InChI is InChI=1S/C16H17N3O3S3/c1-12-4-5-16(24-12)25(20,21)18-8-6-13-11-23-15(19-13)10-22-14-3-2-7-17-9-14/h2-5,7,9,11,18H,6,8,10H2,1H3. The number of hydrogen-bond donors (Lipinski definition) is 1. The average Bonchev–Trinajstić information content (AvgIpc) is 3.23. The molecule has 1 N–H and O–H groups in total. The fourth-order valence-electron chi connectivity index (χ4n) is 2.05. The fourth-order valence-corrected chi connectivity index (χ4v) is 5.15. The summed E-state index contributed by atoms with van der Waals surface area (Å²) >= 11 is 2.76. The third-order valence-corrected chi connectivity index (χ3v) is 7.07. The molecule has 0 unspecified atom stereocenters. The molecule has 3 aromatic heterocycles. The molecule has 0 aromatic carbocycles. The van der Waals surface area contributed by atoms with E-state index >= 15 is 0 Å². The number of sulfonamides is 1. The maximum absolute atomic E-state index is 12.2. The molecule has 3 aromatic rings. The van der Waals surface area contributed by atoms with Gasteiger partial charge in [-0.05, 0) is 31.2 Å². The van der Waals surface area contributed by atoms with E-state index in [0.717, 1.165) is 15.6 Å². The first-order chi connectivity index (χ1) is 12.0. The molecule has 0 bridgehead atoms. The van der Waals surface area contributed by atoms with Crippen LogP contribution in [0.25, 0.3) is 0 Å². The largest absolute Gasteiger partial charge is 0.485 e. The van der Waals surface area contributed by atoms with Crippen molar-refractivity contribution in [3.63, 3.8) is 0 Å². The van der Waals surface area contributed by atoms with E-state index in [-0.39, 0.29) is 0 Å². The van der Waals surface area contributed by atoms with Gasteiger partial charge in [0.1, 0.15) is 21.6 Å². The number of ether oxygens (including phenoxy) is 1. The fraction of sp³-hybridized carbons (Fsp3) is 0.250. The summed E-state index contributed by atoms with van der Waals surface area (Å²) in [6, 6.07) is 7.07. The van der Waals surface area contributed by atoms with Crippen molar-refractivity contribution in [1.82, 2.24) is 14.7 Å². The van der Waals surface area contributed by atoms with Crippen molar-refractivity contribution in [3.05, 3.63) is 57.6 Å². The van der Waals surface area contributed by atoms with E-state index in [9.17, 15) is 8.42 Å². The lowest BCUT2D eigenvalue weighted by Crippen LogP contribution is -2.25. The summed E-state index contributed by atoms with van der Waals surface area (Å²) in [5, 5.41) is 2.77. The second kappa shape index (κ2) is 8.05. The first-order valence-corrected chi connectivity index (χ1v) is 10.7. The molecule has 3 heterocycles. The molecule has 132 valence electrons. The van der Waals surface area contributed by atoms with Gasteiger partial charge in [-0.2, -0.15) is 0 Å². The number of nitrogens with one attached hydrogen (secondary N) is 1. The highest BCUT2D eigenvalue weighted by Gasteiger charge is 2.15. The number of thiazole rings is 1. The molecule has 0 radical (unpaired) electrons. The van der Waals surface area contributed by atoms with Gasteiger partial charge < -0.3 is 4.74 Å². The summed E-state index contributed by atoms with van der Waals surface area (Å²) in [5.41, 5.74) is 0.847. The van der Waals surface area contributed by atoms with Gasteiger partial charge in [-0.25, -0.2) is 18.1 Å². The lowest BCUT2D eigenvalue weighted by molar-refractivity contribution is 0.304. The predicted octanol–water partition coefficient (Wildman–Crippen LogP) is 3.01. The zero-order valence-electron chi connectivity index (χ0n) is 13.5. The Balaban J connectivity index is 1.48. The van der Waals surface area contributed by atoms with Crippen LogP contribution in [0.4, 0.5) is 0 Å². The van der Waals surface area contributed by atoms with Gasteiger partial charge in [0.25, 0.3) is 0 Å². The summed E-state index contributed by atoms with van der Waals surface area (Å²) in [6.45, 7) is 2.57. The van der Waals surface area contributed by atoms with Crippen LogP contribution in [0.3, 0.4) is 0 Å². The van der Waals surface area contributed by atoms with Crippen LogP contribution in [0.1, 0.15) is 15.6 Å². The number of pyridine rings is 1. The van der Waals surface area contributed by atoms with Gasteiger partial charge in [-0.15, -0.1) is 22.7 Å². The number of rotatable bonds is 8. The van der Waals surface area contributed by atoms with Crippen molar-refractivity contribution in [1.29, 1.82) is 0 Å². The molecule has 0 aliphatic heterocycles. The van der Waals surface area contributed by atoms with Crippen molar-refractivity contribution in [2.45, 2.75) is 24.2 Å². The molecule has 0 atom stereocenters. The van der Waals surface area contributed by atoms with Crippen LogP contribution in [0.5, 0.6) is 5.75 Å². The van der Waals surface area contributed by atoms with Crippen molar-refractivity contribution in [3.8, 4) is 5.75 Å². The Bertz CT molecular complexity index is 920. The second-order valence-corrected chi connectivity index (χ2v) is 9.45. The molecule has 0 saturated heterocycles. The van der Waals surface area contributed by atoms with E-state index in [1.54, 1.807) is 24.5 Å². The van der Waals surface area contributed by atoms with Crippen LogP contribution >= 0.6 is 22.7 Å². The summed E-state index contributed by atoms with van der Waals surface area (Å²) in [6.07, 6.45) is 3.87. The van der Waals surface area contributed by atoms with Crippen LogP contribution in [0.15, 0.2) is 46.2 Å². The van der Waals surface area contributed by atoms with Gasteiger partial charge in [-0.3, -0.25) is 4.98 Å². The highest BCUT2D eigenvalue weighted by Crippen LogP contribution is 2.20. The van der Waals surface area contributed by atoms with E-state index in [0.29, 0.717) is 29.5 Å². The molecular formula is C16H17N3O3S3. The minimum absolute atomic E-state index is 0.311. The maximum Gasteiger partial charge on any atom is 0.250 e. The first kappa shape index (κ1) is 18.0. The molecule has 0 amide bonds. The third kappa shape index (κ3) is 5.08. The molecule has 0 aliphatic carbocycles. The molecule has 0 aliphatic rings. The van der Waals surface area contributed by atoms with Gasteiger partial charge in [-0.1, -0.05) is 0 Å². The maximum atomic E-state index is 12.2. The minimum Gasteiger partial charge on any atom is -0.485 e. The molecule has 3 rings (SSSR count). The number of nitrogens with zero attached hydrogens (tertiary/aromatic N) is 2. The van der Waals surface area contributed by atoms with Crippen LogP contribution in [-0.4, -0.2) is 24.9 Å². The summed E-state index contributed by atoms with van der Waals surface area (Å²) in [4.78, 5) is 9.42. The van der Waals surface area contributed by atoms with Gasteiger partial charge in [0, 0.05) is 29.4 Å². The Morgan fingerprint density at radius 1 is 1.28 bits per heavy atom. The molecule has 6 nitrogen and oxygen atoms in total. The van der Waals surface area contributed by atoms with Crippen LogP contribution in [0, 0.1) is 6.92 Å². The third-order valence-electron chi connectivity index (χ3n) is 3.25. The quantitative estimate of drug-likeness (QED) is 0.634. The lowest BCUT2D eigenvalue weighted by atomic mass is 10.3. The molecule has 0 saturated carbocycles. The molecule has 9 heteroatoms. The minimum atomic E-state index is -3.44. The van der Waals surface area contributed by atoms with E-state index in [1.165, 1.54) is 22.7 Å². The first-order valence-electron chi connectivity index (χ1n) is 7.55. The van der Waals surface area contributed by atoms with Gasteiger partial charge >= 0.3 is 0 Å². The smallest absolute Gasteiger partial charge is 0.250 e. The zero-order valence-corrected chi connectivity index (χ0v) is 16.0. The number of thiophene rings is 1. The Labute approximate surface area is 154 Å². The molecular weight excluding hydrogens is 378 g/mol. The highest BCUT2D eigenvalue weighted by atomic mass is 32.2. The lowest BCUT2D eigenvalue weighted by Gasteiger charge is -2.03. The predicted molar refractivity (Wildman–Crippen MR) is 98.6 cm³/mol. The SMILES string of the molecule is Cc1ccc(S(=O)(=O)NCCc2csc(COc3cccnc3)n2)s1. The highest BCUT2D eigenvalue weighted by molar-refractivity contribution is 7.91. The Hall–Kier alpha value is -1.81. The van der Waals surface area contributed by atoms with E-state index in [2.05, 4.69) is 14.7 Å².